The van der Waals surface area contributed by atoms with Crippen LogP contribution in [0.2, 0.25) is 0 Å². The summed E-state index contributed by atoms with van der Waals surface area (Å²) in [6.45, 7) is 3.89. The summed E-state index contributed by atoms with van der Waals surface area (Å²) in [6.07, 6.45) is 0.109. The van der Waals surface area contributed by atoms with Gasteiger partial charge in [0.25, 0.3) is 0 Å². The first-order valence-corrected chi connectivity index (χ1v) is 11.0. The fourth-order valence-electron chi connectivity index (χ4n) is 4.50. The molecule has 3 nitrogen and oxygen atoms in total. The van der Waals surface area contributed by atoms with Crippen LogP contribution in [0.5, 0.6) is 5.75 Å². The Morgan fingerprint density at radius 2 is 1.68 bits per heavy atom. The summed E-state index contributed by atoms with van der Waals surface area (Å²) in [5.74, 6) is 0.957. The van der Waals surface area contributed by atoms with Crippen molar-refractivity contribution in [1.29, 1.82) is 0 Å². The molecule has 3 heteroatoms. The molecule has 1 N–H and O–H groups in total. The Kier molecular flexibility index (Phi) is 5.35. The monoisotopic (exact) mass is 408 g/mol. The second-order valence-electron chi connectivity index (χ2n) is 8.37. The van der Waals surface area contributed by atoms with Crippen molar-refractivity contribution in [2.45, 2.75) is 19.1 Å². The van der Waals surface area contributed by atoms with E-state index in [4.69, 9.17) is 4.74 Å². The van der Waals surface area contributed by atoms with Crippen LogP contribution in [-0.2, 0) is 0 Å². The third kappa shape index (κ3) is 4.01. The van der Waals surface area contributed by atoms with E-state index >= 15 is 0 Å². The maximum atomic E-state index is 6.36. The van der Waals surface area contributed by atoms with Crippen molar-refractivity contribution in [2.75, 3.05) is 25.0 Å². The Labute approximate surface area is 184 Å². The first-order chi connectivity index (χ1) is 15.2. The number of nitrogens with zero attached hydrogens (tertiary/aromatic N) is 1. The number of fused-ring (bicyclic) bond motifs is 2. The van der Waals surface area contributed by atoms with E-state index in [2.05, 4.69) is 109 Å². The Balaban J connectivity index is 1.29. The zero-order valence-electron chi connectivity index (χ0n) is 18.1. The van der Waals surface area contributed by atoms with Gasteiger partial charge >= 0.3 is 0 Å². The van der Waals surface area contributed by atoms with Gasteiger partial charge in [-0.25, -0.2) is 0 Å². The molecule has 1 aliphatic rings. The molecule has 0 bridgehead atoms. The van der Waals surface area contributed by atoms with Gasteiger partial charge < -0.3 is 15.0 Å². The van der Waals surface area contributed by atoms with Crippen LogP contribution in [-0.4, -0.2) is 26.2 Å². The lowest BCUT2D eigenvalue weighted by Crippen LogP contribution is -2.44. The number of ether oxygens (including phenoxy) is 1. The molecule has 2 unspecified atom stereocenters. The third-order valence-corrected chi connectivity index (χ3v) is 6.19. The largest absolute Gasteiger partial charge is 0.485 e. The molecule has 5 rings (SSSR count). The molecule has 0 amide bonds. The van der Waals surface area contributed by atoms with Gasteiger partial charge in [-0.2, -0.15) is 0 Å². The Morgan fingerprint density at radius 3 is 2.55 bits per heavy atom. The van der Waals surface area contributed by atoms with Crippen LogP contribution in [0, 0.1) is 0 Å². The first kappa shape index (κ1) is 19.7. The molecule has 0 spiro atoms. The second-order valence-corrected chi connectivity index (χ2v) is 8.37. The lowest BCUT2D eigenvalue weighted by Gasteiger charge is -2.35. The van der Waals surface area contributed by atoms with Crippen LogP contribution in [0.3, 0.4) is 0 Å². The van der Waals surface area contributed by atoms with Gasteiger partial charge in [0.05, 0.1) is 12.2 Å². The normalized spacial score (nSPS) is 16.6. The summed E-state index contributed by atoms with van der Waals surface area (Å²) >= 11 is 0. The van der Waals surface area contributed by atoms with Crippen molar-refractivity contribution in [1.82, 2.24) is 5.32 Å². The average molecular weight is 409 g/mol. The molecule has 2 atom stereocenters. The number of nitrogens with one attached hydrogen (secondary N) is 1. The molecule has 0 radical (unpaired) electrons. The van der Waals surface area contributed by atoms with Crippen LogP contribution >= 0.6 is 0 Å². The molecule has 0 fully saturated rings. The van der Waals surface area contributed by atoms with Gasteiger partial charge in [0, 0.05) is 19.6 Å². The zero-order chi connectivity index (χ0) is 21.2. The maximum Gasteiger partial charge on any atom is 0.143 e. The van der Waals surface area contributed by atoms with Crippen molar-refractivity contribution < 1.29 is 4.74 Å². The quantitative estimate of drug-likeness (QED) is 0.435. The fraction of sp³-hybridized carbons (Fsp3) is 0.214. The van der Waals surface area contributed by atoms with Gasteiger partial charge in [0.2, 0.25) is 0 Å². The fourth-order valence-corrected chi connectivity index (χ4v) is 4.50. The molecule has 156 valence electrons. The molecule has 1 heterocycles. The minimum absolute atomic E-state index is 0.109. The molecule has 0 aliphatic carbocycles. The number of hydrogen-bond donors (Lipinski definition) is 1. The van der Waals surface area contributed by atoms with Gasteiger partial charge in [-0.1, -0.05) is 78.9 Å². The summed E-state index contributed by atoms with van der Waals surface area (Å²) in [7, 11) is 2.15. The standard InChI is InChI=1S/C28H28N2O/c1-20(25-14-8-12-22-11-6-7-13-26(22)25)29-18-24-19-30(2)27-17-23(15-16-28(27)31-24)21-9-4-3-5-10-21/h3-17,20,24,29H,18-19H2,1-2H3. The summed E-state index contributed by atoms with van der Waals surface area (Å²) < 4.78 is 6.36. The Bertz CT molecular complexity index is 1180. The van der Waals surface area contributed by atoms with Crippen LogP contribution in [0.25, 0.3) is 21.9 Å². The predicted octanol–water partition coefficient (Wildman–Crippen LogP) is 6.05. The summed E-state index contributed by atoms with van der Waals surface area (Å²) in [4.78, 5) is 2.31. The van der Waals surface area contributed by atoms with E-state index in [0.29, 0.717) is 0 Å². The molecule has 4 aromatic rings. The number of likely N-dealkylation sites (N-methyl/N-ethyl adjacent to an activating group) is 1. The van der Waals surface area contributed by atoms with E-state index in [1.54, 1.807) is 0 Å². The Morgan fingerprint density at radius 1 is 0.903 bits per heavy atom. The predicted molar refractivity (Wildman–Crippen MR) is 130 cm³/mol. The summed E-state index contributed by atoms with van der Waals surface area (Å²) in [6, 6.07) is 32.3. The number of hydrogen-bond acceptors (Lipinski definition) is 3. The number of rotatable bonds is 5. The van der Waals surface area contributed by atoms with Crippen LogP contribution in [0.15, 0.2) is 91.0 Å². The van der Waals surface area contributed by atoms with Gasteiger partial charge in [-0.15, -0.1) is 0 Å². The van der Waals surface area contributed by atoms with Crippen LogP contribution in [0.1, 0.15) is 18.5 Å². The van der Waals surface area contributed by atoms with Crippen molar-refractivity contribution in [3.63, 3.8) is 0 Å². The molecule has 31 heavy (non-hydrogen) atoms. The van der Waals surface area contributed by atoms with Gasteiger partial charge in [-0.3, -0.25) is 0 Å². The van der Waals surface area contributed by atoms with Crippen LogP contribution in [0.4, 0.5) is 5.69 Å². The maximum absolute atomic E-state index is 6.36. The van der Waals surface area contributed by atoms with E-state index < -0.39 is 0 Å². The number of benzene rings is 4. The van der Waals surface area contributed by atoms with Crippen molar-refractivity contribution in [3.8, 4) is 16.9 Å². The average Bonchev–Trinajstić information content (AvgIpc) is 2.82. The molecular weight excluding hydrogens is 380 g/mol. The smallest absolute Gasteiger partial charge is 0.143 e. The van der Waals surface area contributed by atoms with E-state index in [0.717, 1.165) is 24.5 Å². The van der Waals surface area contributed by atoms with Gasteiger partial charge in [0.15, 0.2) is 0 Å². The third-order valence-electron chi connectivity index (χ3n) is 6.19. The highest BCUT2D eigenvalue weighted by molar-refractivity contribution is 5.86. The van der Waals surface area contributed by atoms with E-state index in [-0.39, 0.29) is 12.1 Å². The lowest BCUT2D eigenvalue weighted by molar-refractivity contribution is 0.188. The summed E-state index contributed by atoms with van der Waals surface area (Å²) in [5, 5.41) is 6.29. The highest BCUT2D eigenvalue weighted by Crippen LogP contribution is 2.36. The van der Waals surface area contributed by atoms with Gasteiger partial charge in [-0.05, 0) is 46.5 Å². The molecule has 0 saturated carbocycles. The van der Waals surface area contributed by atoms with Crippen molar-refractivity contribution in [2.24, 2.45) is 0 Å². The highest BCUT2D eigenvalue weighted by atomic mass is 16.5. The van der Waals surface area contributed by atoms with E-state index in [1.807, 2.05) is 6.07 Å². The zero-order valence-corrected chi connectivity index (χ0v) is 18.1. The molecule has 1 aliphatic heterocycles. The first-order valence-electron chi connectivity index (χ1n) is 11.0. The topological polar surface area (TPSA) is 24.5 Å². The molecular formula is C28H28N2O. The minimum Gasteiger partial charge on any atom is -0.485 e. The van der Waals surface area contributed by atoms with Crippen molar-refractivity contribution >= 4 is 16.5 Å². The highest BCUT2D eigenvalue weighted by Gasteiger charge is 2.24. The van der Waals surface area contributed by atoms with E-state index in [1.165, 1.54) is 27.5 Å². The van der Waals surface area contributed by atoms with Crippen LogP contribution < -0.4 is 15.0 Å². The van der Waals surface area contributed by atoms with Crippen molar-refractivity contribution in [3.05, 3.63) is 96.6 Å². The number of anilines is 1. The van der Waals surface area contributed by atoms with Gasteiger partial charge in [0.1, 0.15) is 11.9 Å². The SMILES string of the molecule is CC(NCC1CN(C)c2cc(-c3ccccc3)ccc2O1)c1cccc2ccccc12. The minimum atomic E-state index is 0.109. The second kappa shape index (κ2) is 8.44. The lowest BCUT2D eigenvalue weighted by atomic mass is 9.99. The molecule has 0 aromatic heterocycles. The Hall–Kier alpha value is -3.30. The molecule has 0 saturated heterocycles. The summed E-state index contributed by atoms with van der Waals surface area (Å²) in [5.41, 5.74) is 4.93. The molecule has 4 aromatic carbocycles. The van der Waals surface area contributed by atoms with E-state index in [9.17, 15) is 0 Å².